The molecule has 30 heavy (non-hydrogen) atoms. The van der Waals surface area contributed by atoms with Gasteiger partial charge in [0.05, 0.1) is 16.2 Å². The summed E-state index contributed by atoms with van der Waals surface area (Å²) in [6.07, 6.45) is 6.55. The molecule has 1 amide bonds. The minimum absolute atomic E-state index is 0.167. The molecule has 154 valence electrons. The van der Waals surface area contributed by atoms with Gasteiger partial charge in [-0.05, 0) is 37.8 Å². The quantitative estimate of drug-likeness (QED) is 0.293. The van der Waals surface area contributed by atoms with Crippen LogP contribution in [0, 0.1) is 5.92 Å². The maximum absolute atomic E-state index is 11.7. The second kappa shape index (κ2) is 7.30. The van der Waals surface area contributed by atoms with E-state index in [-0.39, 0.29) is 17.7 Å². The summed E-state index contributed by atoms with van der Waals surface area (Å²) in [7, 11) is 0. The van der Waals surface area contributed by atoms with Crippen LogP contribution in [-0.4, -0.2) is 30.5 Å². The van der Waals surface area contributed by atoms with Crippen LogP contribution in [0.3, 0.4) is 0 Å². The highest BCUT2D eigenvalue weighted by atomic mass is 35.5. The van der Waals surface area contributed by atoms with Crippen molar-refractivity contribution in [2.45, 2.75) is 31.6 Å². The second-order valence-corrected chi connectivity index (χ2v) is 8.17. The van der Waals surface area contributed by atoms with Gasteiger partial charge in [0.15, 0.2) is 0 Å². The van der Waals surface area contributed by atoms with E-state index in [1.54, 1.807) is 11.7 Å². The Morgan fingerprint density at radius 3 is 2.83 bits per heavy atom. The zero-order valence-corrected chi connectivity index (χ0v) is 16.9. The Morgan fingerprint density at radius 1 is 1.30 bits per heavy atom. The summed E-state index contributed by atoms with van der Waals surface area (Å²) in [5.41, 5.74) is 11.2. The fourth-order valence-electron chi connectivity index (χ4n) is 4.51. The topological polar surface area (TPSA) is 121 Å². The molecule has 9 heteroatoms. The lowest BCUT2D eigenvalue weighted by atomic mass is 9.81. The van der Waals surface area contributed by atoms with E-state index in [2.05, 4.69) is 9.97 Å². The number of carbonyl (C=O) groups is 1. The van der Waals surface area contributed by atoms with Gasteiger partial charge in [-0.15, -0.1) is 0 Å². The third-order valence-electron chi connectivity index (χ3n) is 6.04. The highest BCUT2D eigenvalue weighted by molar-refractivity contribution is 6.35. The maximum Gasteiger partial charge on any atom is 0.246 e. The van der Waals surface area contributed by atoms with Crippen LogP contribution in [-0.2, 0) is 4.79 Å². The van der Waals surface area contributed by atoms with Crippen LogP contribution in [0.4, 0.5) is 5.82 Å². The number of para-hydroxylation sites is 1. The third kappa shape index (κ3) is 3.00. The Bertz CT molecular complexity index is 1260. The first-order valence-corrected chi connectivity index (χ1v) is 10.3. The Hall–Kier alpha value is -3.10. The Balaban J connectivity index is 1.59. The number of carbonyl (C=O) groups excluding carboxylic acids is 1. The molecule has 5 N–H and O–H groups in total. The number of nitrogens with one attached hydrogen (secondary N) is 2. The van der Waals surface area contributed by atoms with Gasteiger partial charge in [-0.3, -0.25) is 14.4 Å². The minimum atomic E-state index is -0.314. The van der Waals surface area contributed by atoms with Crippen molar-refractivity contribution < 1.29 is 10.0 Å². The summed E-state index contributed by atoms with van der Waals surface area (Å²) >= 11 is 6.34. The molecule has 0 aliphatic heterocycles. The van der Waals surface area contributed by atoms with Crippen LogP contribution in [0.1, 0.15) is 37.4 Å². The number of hydrogen-bond acceptors (Lipinski definition) is 5. The number of hydroxylamine groups is 1. The molecular formula is C21H21ClN6O2. The zero-order chi connectivity index (χ0) is 20.8. The SMILES string of the molecule is Nc1nccn2c(C3CCC(C(=O)NO)CC3)nc(-c3cc4cccc(Cl)c4[nH]3)c12. The number of nitrogens with zero attached hydrogens (tertiary/aromatic N) is 3. The smallest absolute Gasteiger partial charge is 0.246 e. The molecule has 8 nitrogen and oxygen atoms in total. The summed E-state index contributed by atoms with van der Waals surface area (Å²) in [4.78, 5) is 24.4. The van der Waals surface area contributed by atoms with Crippen LogP contribution in [0.5, 0.6) is 0 Å². The van der Waals surface area contributed by atoms with Gasteiger partial charge in [0.1, 0.15) is 22.9 Å². The number of aromatic amines is 1. The van der Waals surface area contributed by atoms with Crippen molar-refractivity contribution in [3.63, 3.8) is 0 Å². The van der Waals surface area contributed by atoms with E-state index in [4.69, 9.17) is 27.5 Å². The van der Waals surface area contributed by atoms with Gasteiger partial charge in [0.2, 0.25) is 5.91 Å². The summed E-state index contributed by atoms with van der Waals surface area (Å²) in [5, 5.41) is 10.5. The number of nitrogens with two attached hydrogens (primary N) is 1. The molecule has 0 bridgehead atoms. The molecule has 1 saturated carbocycles. The lowest BCUT2D eigenvalue weighted by molar-refractivity contribution is -0.134. The minimum Gasteiger partial charge on any atom is -0.382 e. The number of amides is 1. The number of fused-ring (bicyclic) bond motifs is 2. The van der Waals surface area contributed by atoms with E-state index in [9.17, 15) is 4.79 Å². The number of H-pyrrole nitrogens is 1. The highest BCUT2D eigenvalue weighted by Crippen LogP contribution is 2.39. The van der Waals surface area contributed by atoms with Gasteiger partial charge >= 0.3 is 0 Å². The summed E-state index contributed by atoms with van der Waals surface area (Å²) in [6, 6.07) is 7.77. The first-order chi connectivity index (χ1) is 14.6. The normalized spacial score (nSPS) is 19.4. The van der Waals surface area contributed by atoms with Crippen LogP contribution >= 0.6 is 11.6 Å². The van der Waals surface area contributed by atoms with E-state index >= 15 is 0 Å². The number of aromatic nitrogens is 4. The van der Waals surface area contributed by atoms with E-state index < -0.39 is 0 Å². The molecular weight excluding hydrogens is 404 g/mol. The summed E-state index contributed by atoms with van der Waals surface area (Å²) < 4.78 is 2.00. The largest absolute Gasteiger partial charge is 0.382 e. The first kappa shape index (κ1) is 18.9. The average molecular weight is 425 g/mol. The Kier molecular flexibility index (Phi) is 4.60. The fourth-order valence-corrected chi connectivity index (χ4v) is 4.74. The van der Waals surface area contributed by atoms with Crippen molar-refractivity contribution in [2.24, 2.45) is 5.92 Å². The van der Waals surface area contributed by atoms with Crippen molar-refractivity contribution in [1.82, 2.24) is 24.8 Å². The number of benzene rings is 1. The Labute approximate surface area is 177 Å². The summed E-state index contributed by atoms with van der Waals surface area (Å²) in [5.74, 6) is 1.01. The van der Waals surface area contributed by atoms with Crippen molar-refractivity contribution in [3.8, 4) is 11.4 Å². The second-order valence-electron chi connectivity index (χ2n) is 7.76. The summed E-state index contributed by atoms with van der Waals surface area (Å²) in [6.45, 7) is 0. The first-order valence-electron chi connectivity index (χ1n) is 9.90. The van der Waals surface area contributed by atoms with Gasteiger partial charge in [-0.2, -0.15) is 0 Å². The molecule has 5 rings (SSSR count). The van der Waals surface area contributed by atoms with Gasteiger partial charge in [0.25, 0.3) is 0 Å². The van der Waals surface area contributed by atoms with Gasteiger partial charge < -0.3 is 10.7 Å². The molecule has 0 saturated heterocycles. The zero-order valence-electron chi connectivity index (χ0n) is 16.1. The lowest BCUT2D eigenvalue weighted by Gasteiger charge is -2.26. The van der Waals surface area contributed by atoms with Crippen molar-refractivity contribution in [2.75, 3.05) is 5.73 Å². The average Bonchev–Trinajstić information content (AvgIpc) is 3.37. The molecule has 0 spiro atoms. The fraction of sp³-hybridized carbons (Fsp3) is 0.286. The van der Waals surface area contributed by atoms with Gasteiger partial charge in [0, 0.05) is 29.6 Å². The molecule has 1 aromatic carbocycles. The van der Waals surface area contributed by atoms with Crippen LogP contribution in [0.2, 0.25) is 5.02 Å². The number of anilines is 1. The van der Waals surface area contributed by atoms with Crippen LogP contribution in [0.15, 0.2) is 36.7 Å². The molecule has 0 unspecified atom stereocenters. The van der Waals surface area contributed by atoms with Crippen molar-refractivity contribution >= 4 is 39.7 Å². The number of nitrogen functional groups attached to an aromatic ring is 1. The number of rotatable bonds is 3. The van der Waals surface area contributed by atoms with E-state index in [0.717, 1.165) is 46.5 Å². The standard InChI is InChI=1S/C21H21ClN6O2/c22-14-3-1-2-13-10-15(25-16(13)14)17-18-19(23)24-8-9-28(18)20(26-17)11-4-6-12(7-5-11)21(29)27-30/h1-3,8-12,25,30H,4-7H2,(H2,23,24)(H,27,29). The monoisotopic (exact) mass is 424 g/mol. The van der Waals surface area contributed by atoms with Crippen LogP contribution < -0.4 is 11.2 Å². The maximum atomic E-state index is 11.7. The molecule has 4 aromatic rings. The number of halogens is 1. The molecule has 0 radical (unpaired) electrons. The molecule has 1 aliphatic rings. The van der Waals surface area contributed by atoms with Crippen LogP contribution in [0.25, 0.3) is 27.8 Å². The number of hydrogen-bond donors (Lipinski definition) is 4. The van der Waals surface area contributed by atoms with Gasteiger partial charge in [-0.25, -0.2) is 15.4 Å². The van der Waals surface area contributed by atoms with E-state index in [1.807, 2.05) is 34.9 Å². The third-order valence-corrected chi connectivity index (χ3v) is 6.36. The Morgan fingerprint density at radius 2 is 2.10 bits per heavy atom. The van der Waals surface area contributed by atoms with E-state index in [0.29, 0.717) is 23.7 Å². The van der Waals surface area contributed by atoms with Crippen molar-refractivity contribution in [3.05, 3.63) is 47.5 Å². The molecule has 1 aliphatic carbocycles. The van der Waals surface area contributed by atoms with Gasteiger partial charge in [-0.1, -0.05) is 23.7 Å². The predicted octanol–water partition coefficient (Wildman–Crippen LogP) is 3.89. The van der Waals surface area contributed by atoms with Crippen molar-refractivity contribution in [1.29, 1.82) is 0 Å². The molecule has 1 fully saturated rings. The predicted molar refractivity (Wildman–Crippen MR) is 114 cm³/mol. The molecule has 0 atom stereocenters. The number of imidazole rings is 1. The van der Waals surface area contributed by atoms with E-state index in [1.165, 1.54) is 0 Å². The molecule has 3 heterocycles. The lowest BCUT2D eigenvalue weighted by Crippen LogP contribution is -2.30. The molecule has 3 aromatic heterocycles. The highest BCUT2D eigenvalue weighted by Gasteiger charge is 2.30.